The molecule has 0 aromatic rings. The SMILES string of the molecule is CCCCN1CN(C)N=C1[S-]. The minimum atomic E-state index is 0.737. The first-order valence-corrected chi connectivity index (χ1v) is 4.36. The average molecular weight is 172 g/mol. The minimum Gasteiger partial charge on any atom is -0.741 e. The molecule has 1 heterocycles. The van der Waals surface area contributed by atoms with E-state index in [1.165, 1.54) is 12.8 Å². The molecule has 0 N–H and O–H groups in total. The van der Waals surface area contributed by atoms with E-state index >= 15 is 0 Å². The van der Waals surface area contributed by atoms with Crippen molar-refractivity contribution in [1.29, 1.82) is 0 Å². The van der Waals surface area contributed by atoms with Crippen molar-refractivity contribution in [3.8, 4) is 0 Å². The zero-order valence-corrected chi connectivity index (χ0v) is 7.89. The number of nitrogens with zero attached hydrogens (tertiary/aromatic N) is 3. The van der Waals surface area contributed by atoms with Crippen LogP contribution in [0.1, 0.15) is 19.8 Å². The predicted octanol–water partition coefficient (Wildman–Crippen LogP) is 0.809. The third-order valence-electron chi connectivity index (χ3n) is 1.68. The molecule has 0 aliphatic carbocycles. The van der Waals surface area contributed by atoms with E-state index in [2.05, 4.69) is 16.9 Å². The Labute approximate surface area is 73.5 Å². The van der Waals surface area contributed by atoms with Gasteiger partial charge in [-0.15, -0.1) is 0 Å². The Bertz CT molecular complexity index is 158. The van der Waals surface area contributed by atoms with Gasteiger partial charge in [0.15, 0.2) is 0 Å². The molecule has 0 unspecified atom stereocenters. The first kappa shape index (κ1) is 8.59. The second kappa shape index (κ2) is 3.76. The van der Waals surface area contributed by atoms with Gasteiger partial charge in [0, 0.05) is 18.8 Å². The molecule has 0 amide bonds. The minimum absolute atomic E-state index is 0.737. The number of hydrogen-bond donors (Lipinski definition) is 0. The second-order valence-electron chi connectivity index (χ2n) is 2.80. The molecule has 64 valence electrons. The normalized spacial score (nSPS) is 17.5. The van der Waals surface area contributed by atoms with Crippen LogP contribution in [-0.4, -0.2) is 35.3 Å². The quantitative estimate of drug-likeness (QED) is 0.587. The second-order valence-corrected chi connectivity index (χ2v) is 3.16. The molecule has 3 nitrogen and oxygen atoms in total. The van der Waals surface area contributed by atoms with E-state index in [0.717, 1.165) is 18.4 Å². The number of unbranched alkanes of at least 4 members (excludes halogenated alkanes) is 1. The van der Waals surface area contributed by atoms with Crippen LogP contribution in [0.3, 0.4) is 0 Å². The summed E-state index contributed by atoms with van der Waals surface area (Å²) in [6, 6.07) is 0. The highest BCUT2D eigenvalue weighted by molar-refractivity contribution is 7.77. The van der Waals surface area contributed by atoms with Crippen molar-refractivity contribution in [2.75, 3.05) is 20.3 Å². The summed E-state index contributed by atoms with van der Waals surface area (Å²) >= 11 is 5.05. The number of rotatable bonds is 3. The molecule has 11 heavy (non-hydrogen) atoms. The van der Waals surface area contributed by atoms with Gasteiger partial charge >= 0.3 is 0 Å². The Balaban J connectivity index is 2.32. The third kappa shape index (κ3) is 2.22. The highest BCUT2D eigenvalue weighted by Gasteiger charge is 2.09. The molecule has 0 fully saturated rings. The van der Waals surface area contributed by atoms with Crippen LogP contribution in [0, 0.1) is 0 Å². The molecule has 1 rings (SSSR count). The Kier molecular flexibility index (Phi) is 2.93. The highest BCUT2D eigenvalue weighted by atomic mass is 32.1. The summed E-state index contributed by atoms with van der Waals surface area (Å²) in [5, 5.41) is 6.72. The number of hydrogen-bond acceptors (Lipinski definition) is 4. The zero-order valence-electron chi connectivity index (χ0n) is 7.08. The van der Waals surface area contributed by atoms with Crippen LogP contribution in [0.5, 0.6) is 0 Å². The van der Waals surface area contributed by atoms with Crippen LogP contribution in [-0.2, 0) is 12.6 Å². The topological polar surface area (TPSA) is 18.8 Å². The summed E-state index contributed by atoms with van der Waals surface area (Å²) in [7, 11) is 1.94. The highest BCUT2D eigenvalue weighted by Crippen LogP contribution is 2.05. The summed E-state index contributed by atoms with van der Waals surface area (Å²) in [5.74, 6) is 0. The van der Waals surface area contributed by atoms with Gasteiger partial charge in [-0.05, 0) is 6.42 Å². The summed E-state index contributed by atoms with van der Waals surface area (Å²) in [5.41, 5.74) is 0. The summed E-state index contributed by atoms with van der Waals surface area (Å²) in [6.07, 6.45) is 2.41. The van der Waals surface area contributed by atoms with Crippen molar-refractivity contribution in [3.63, 3.8) is 0 Å². The average Bonchev–Trinajstić information content (AvgIpc) is 2.26. The van der Waals surface area contributed by atoms with Crippen LogP contribution in [0.25, 0.3) is 0 Å². The van der Waals surface area contributed by atoms with E-state index in [0.29, 0.717) is 0 Å². The maximum Gasteiger partial charge on any atom is 0.106 e. The third-order valence-corrected chi connectivity index (χ3v) is 2.02. The molecule has 1 aliphatic heterocycles. The van der Waals surface area contributed by atoms with E-state index < -0.39 is 0 Å². The monoisotopic (exact) mass is 172 g/mol. The molecule has 0 saturated carbocycles. The summed E-state index contributed by atoms with van der Waals surface area (Å²) in [4.78, 5) is 2.12. The van der Waals surface area contributed by atoms with E-state index in [9.17, 15) is 0 Å². The maximum atomic E-state index is 5.05. The Morgan fingerprint density at radius 2 is 2.36 bits per heavy atom. The van der Waals surface area contributed by atoms with E-state index in [-0.39, 0.29) is 0 Å². The molecule has 0 saturated heterocycles. The fourth-order valence-electron chi connectivity index (χ4n) is 1.06. The molecule has 0 spiro atoms. The van der Waals surface area contributed by atoms with Gasteiger partial charge in [-0.3, -0.25) is 5.01 Å². The molecule has 0 aromatic carbocycles. The largest absolute Gasteiger partial charge is 0.741 e. The lowest BCUT2D eigenvalue weighted by atomic mass is 10.3. The van der Waals surface area contributed by atoms with Crippen molar-refractivity contribution < 1.29 is 0 Å². The summed E-state index contributed by atoms with van der Waals surface area (Å²) in [6.45, 7) is 4.09. The molecule has 1 aliphatic rings. The van der Waals surface area contributed by atoms with E-state index in [4.69, 9.17) is 12.6 Å². The maximum absolute atomic E-state index is 5.05. The lowest BCUT2D eigenvalue weighted by molar-refractivity contribution is 0.275. The Morgan fingerprint density at radius 1 is 1.64 bits per heavy atom. The summed E-state index contributed by atoms with van der Waals surface area (Å²) < 4.78 is 0. The predicted molar refractivity (Wildman–Crippen MR) is 49.0 cm³/mol. The van der Waals surface area contributed by atoms with Crippen molar-refractivity contribution >= 4 is 17.8 Å². The number of hydrazone groups is 1. The molecular formula is C7H14N3S-. The van der Waals surface area contributed by atoms with Crippen LogP contribution in [0.4, 0.5) is 0 Å². The fraction of sp³-hybridized carbons (Fsp3) is 0.857. The van der Waals surface area contributed by atoms with E-state index in [1.807, 2.05) is 12.1 Å². The van der Waals surface area contributed by atoms with Crippen LogP contribution in [0.15, 0.2) is 5.10 Å². The van der Waals surface area contributed by atoms with Gasteiger partial charge in [0.2, 0.25) is 0 Å². The molecular weight excluding hydrogens is 158 g/mol. The molecule has 4 heteroatoms. The van der Waals surface area contributed by atoms with Crippen LogP contribution < -0.4 is 0 Å². The van der Waals surface area contributed by atoms with Gasteiger partial charge in [-0.1, -0.05) is 13.3 Å². The van der Waals surface area contributed by atoms with Gasteiger partial charge in [0.1, 0.15) is 6.67 Å². The van der Waals surface area contributed by atoms with E-state index in [1.54, 1.807) is 0 Å². The van der Waals surface area contributed by atoms with Crippen molar-refractivity contribution in [2.24, 2.45) is 5.10 Å². The van der Waals surface area contributed by atoms with Gasteiger partial charge < -0.3 is 17.5 Å². The standard InChI is InChI=1S/C7H15N3S/c1-3-4-5-10-6-9(2)8-7(10)11/h3-6H2,1-2H3,(H,8,11)/p-1. The van der Waals surface area contributed by atoms with Crippen molar-refractivity contribution in [2.45, 2.75) is 19.8 Å². The molecule has 0 bridgehead atoms. The van der Waals surface area contributed by atoms with Crippen LogP contribution >= 0.6 is 0 Å². The smallest absolute Gasteiger partial charge is 0.106 e. The zero-order chi connectivity index (χ0) is 8.27. The lowest BCUT2D eigenvalue weighted by Gasteiger charge is -2.22. The van der Waals surface area contributed by atoms with Crippen LogP contribution in [0.2, 0.25) is 0 Å². The van der Waals surface area contributed by atoms with Gasteiger partial charge in [0.25, 0.3) is 0 Å². The van der Waals surface area contributed by atoms with Crippen molar-refractivity contribution in [1.82, 2.24) is 9.91 Å². The van der Waals surface area contributed by atoms with Crippen molar-refractivity contribution in [3.05, 3.63) is 0 Å². The first-order chi connectivity index (χ1) is 5.24. The molecule has 0 atom stereocenters. The first-order valence-electron chi connectivity index (χ1n) is 3.95. The van der Waals surface area contributed by atoms with Gasteiger partial charge in [0.05, 0.1) is 0 Å². The molecule has 0 aromatic heterocycles. The number of amidine groups is 1. The van der Waals surface area contributed by atoms with Gasteiger partial charge in [-0.25, -0.2) is 0 Å². The fourth-order valence-corrected chi connectivity index (χ4v) is 1.35. The molecule has 0 radical (unpaired) electrons. The Hall–Kier alpha value is -0.510. The Morgan fingerprint density at radius 3 is 2.82 bits per heavy atom. The van der Waals surface area contributed by atoms with Gasteiger partial charge in [-0.2, -0.15) is 5.10 Å². The lowest BCUT2D eigenvalue weighted by Crippen LogP contribution is -2.29.